The van der Waals surface area contributed by atoms with Gasteiger partial charge >= 0.3 is 0 Å². The number of amides is 3. The number of benzene rings is 2. The van der Waals surface area contributed by atoms with E-state index < -0.39 is 24.1 Å². The molecule has 0 aliphatic rings. The molecule has 2 rings (SSSR count). The van der Waals surface area contributed by atoms with Crippen LogP contribution in [0.2, 0.25) is 0 Å². The standard InChI is InChI=1S/C25H30N4O5S2/c1-15-8-10-18(33-6)12-20(15)24(35)27(4)26-22(31)14-23(32)29(17(3)30)28(5)25(36)21-13-19(34-7)11-9-16(21)2/h8-13H,14H2,1-7H3,(H,26,31). The van der Waals surface area contributed by atoms with Crippen molar-refractivity contribution < 1.29 is 23.9 Å². The molecule has 0 radical (unpaired) electrons. The Labute approximate surface area is 221 Å². The minimum atomic E-state index is -0.748. The summed E-state index contributed by atoms with van der Waals surface area (Å²) >= 11 is 11.0. The van der Waals surface area contributed by atoms with Gasteiger partial charge in [0.15, 0.2) is 0 Å². The van der Waals surface area contributed by atoms with E-state index in [0.717, 1.165) is 16.1 Å². The summed E-state index contributed by atoms with van der Waals surface area (Å²) in [6.07, 6.45) is -0.603. The molecule has 2 aromatic rings. The maximum absolute atomic E-state index is 13.0. The first kappa shape index (κ1) is 28.7. The molecule has 0 aliphatic carbocycles. The molecule has 11 heteroatoms. The summed E-state index contributed by atoms with van der Waals surface area (Å²) < 4.78 is 10.5. The zero-order valence-corrected chi connectivity index (χ0v) is 23.0. The number of methoxy groups -OCH3 is 2. The molecular weight excluding hydrogens is 500 g/mol. The molecule has 3 amide bonds. The minimum absolute atomic E-state index is 0.224. The van der Waals surface area contributed by atoms with Gasteiger partial charge in [0.05, 0.1) is 14.2 Å². The van der Waals surface area contributed by atoms with Crippen molar-refractivity contribution in [2.24, 2.45) is 0 Å². The monoisotopic (exact) mass is 530 g/mol. The van der Waals surface area contributed by atoms with E-state index in [1.165, 1.54) is 31.1 Å². The maximum atomic E-state index is 13.0. The fraction of sp³-hybridized carbons (Fsp3) is 0.320. The highest BCUT2D eigenvalue weighted by atomic mass is 32.1. The number of carbonyl (C=O) groups is 3. The molecule has 192 valence electrons. The molecule has 36 heavy (non-hydrogen) atoms. The topological polar surface area (TPSA) is 91.4 Å². The van der Waals surface area contributed by atoms with Crippen LogP contribution in [0.4, 0.5) is 0 Å². The van der Waals surface area contributed by atoms with Crippen molar-refractivity contribution in [1.29, 1.82) is 0 Å². The van der Waals surface area contributed by atoms with Crippen molar-refractivity contribution >= 4 is 52.1 Å². The van der Waals surface area contributed by atoms with Crippen molar-refractivity contribution in [3.63, 3.8) is 0 Å². The molecule has 0 fully saturated rings. The van der Waals surface area contributed by atoms with Crippen LogP contribution >= 0.6 is 24.4 Å². The third-order valence-corrected chi connectivity index (χ3v) is 6.37. The Morgan fingerprint density at radius 1 is 0.861 bits per heavy atom. The molecule has 0 saturated carbocycles. The second-order valence-electron chi connectivity index (χ2n) is 7.99. The lowest BCUT2D eigenvalue weighted by Crippen LogP contribution is -2.52. The highest BCUT2D eigenvalue weighted by molar-refractivity contribution is 7.81. The van der Waals surface area contributed by atoms with Crippen molar-refractivity contribution in [3.8, 4) is 11.5 Å². The molecule has 0 heterocycles. The first-order valence-electron chi connectivity index (χ1n) is 10.9. The van der Waals surface area contributed by atoms with Crippen LogP contribution in [0.25, 0.3) is 0 Å². The first-order chi connectivity index (χ1) is 16.9. The molecule has 0 atom stereocenters. The van der Waals surface area contributed by atoms with E-state index in [4.69, 9.17) is 33.9 Å². The van der Waals surface area contributed by atoms with Crippen molar-refractivity contribution in [1.82, 2.24) is 20.5 Å². The number of nitrogens with zero attached hydrogens (tertiary/aromatic N) is 3. The van der Waals surface area contributed by atoms with E-state index in [1.54, 1.807) is 32.4 Å². The minimum Gasteiger partial charge on any atom is -0.497 e. The molecular formula is C25H30N4O5S2. The van der Waals surface area contributed by atoms with Crippen LogP contribution < -0.4 is 14.9 Å². The van der Waals surface area contributed by atoms with Gasteiger partial charge in [0.25, 0.3) is 5.91 Å². The van der Waals surface area contributed by atoms with Crippen molar-refractivity contribution in [2.45, 2.75) is 27.2 Å². The fourth-order valence-corrected chi connectivity index (χ4v) is 3.97. The van der Waals surface area contributed by atoms with Gasteiger partial charge in [-0.05, 0) is 49.2 Å². The van der Waals surface area contributed by atoms with Crippen LogP contribution in [-0.4, -0.2) is 71.0 Å². The fourth-order valence-electron chi connectivity index (χ4n) is 3.41. The molecule has 2 aromatic carbocycles. The summed E-state index contributed by atoms with van der Waals surface area (Å²) in [5.41, 5.74) is 5.62. The largest absolute Gasteiger partial charge is 0.497 e. The van der Waals surface area contributed by atoms with Crippen LogP contribution in [0.5, 0.6) is 11.5 Å². The number of rotatable bonds is 6. The SMILES string of the molecule is COc1ccc(C)c(C(=S)N(C)NC(=O)CC(=O)N(C(C)=O)N(C)C(=S)c2cc(OC)ccc2C)c1. The van der Waals surface area contributed by atoms with Crippen LogP contribution in [0.1, 0.15) is 35.6 Å². The molecule has 0 bridgehead atoms. The lowest BCUT2D eigenvalue weighted by atomic mass is 10.1. The summed E-state index contributed by atoms with van der Waals surface area (Å²) in [5, 5.41) is 3.44. The highest BCUT2D eigenvalue weighted by Gasteiger charge is 2.28. The lowest BCUT2D eigenvalue weighted by Gasteiger charge is -2.32. The van der Waals surface area contributed by atoms with Crippen LogP contribution in [0.3, 0.4) is 0 Å². The summed E-state index contributed by atoms with van der Waals surface area (Å²) in [6.45, 7) is 4.96. The van der Waals surface area contributed by atoms with Gasteiger partial charge in [-0.15, -0.1) is 0 Å². The van der Waals surface area contributed by atoms with Gasteiger partial charge in [-0.25, -0.2) is 0 Å². The normalized spacial score (nSPS) is 10.2. The number of ether oxygens (including phenoxy) is 2. The quantitative estimate of drug-likeness (QED) is 0.344. The van der Waals surface area contributed by atoms with Gasteiger partial charge in [-0.1, -0.05) is 36.6 Å². The summed E-state index contributed by atoms with van der Waals surface area (Å²) in [6, 6.07) is 10.8. The Kier molecular flexibility index (Phi) is 9.88. The lowest BCUT2D eigenvalue weighted by molar-refractivity contribution is -0.155. The Balaban J connectivity index is 2.14. The van der Waals surface area contributed by atoms with Crippen LogP contribution in [0.15, 0.2) is 36.4 Å². The smallest absolute Gasteiger partial charge is 0.257 e. The maximum Gasteiger partial charge on any atom is 0.257 e. The average Bonchev–Trinajstić information content (AvgIpc) is 2.83. The van der Waals surface area contributed by atoms with E-state index >= 15 is 0 Å². The molecule has 9 nitrogen and oxygen atoms in total. The van der Waals surface area contributed by atoms with Crippen LogP contribution in [-0.2, 0) is 14.4 Å². The van der Waals surface area contributed by atoms with Crippen molar-refractivity contribution in [2.75, 3.05) is 28.3 Å². The number of thiocarbonyl (C=S) groups is 2. The average molecular weight is 531 g/mol. The number of imide groups is 1. The molecule has 0 aromatic heterocycles. The Bertz CT molecular complexity index is 1200. The zero-order chi connectivity index (χ0) is 27.2. The third-order valence-electron chi connectivity index (χ3n) is 5.39. The van der Waals surface area contributed by atoms with E-state index in [2.05, 4.69) is 5.43 Å². The van der Waals surface area contributed by atoms with Gasteiger partial charge in [0.2, 0.25) is 11.8 Å². The van der Waals surface area contributed by atoms with Crippen molar-refractivity contribution in [3.05, 3.63) is 58.7 Å². The number of hydrogen-bond donors (Lipinski definition) is 1. The molecule has 0 unspecified atom stereocenters. The van der Waals surface area contributed by atoms with Gasteiger partial charge in [0.1, 0.15) is 27.9 Å². The zero-order valence-electron chi connectivity index (χ0n) is 21.4. The summed E-state index contributed by atoms with van der Waals surface area (Å²) in [5.74, 6) is -0.781. The Morgan fingerprint density at radius 3 is 1.78 bits per heavy atom. The third kappa shape index (κ3) is 6.76. The number of nitrogens with one attached hydrogen (secondary N) is 1. The van der Waals surface area contributed by atoms with Gasteiger partial charge in [-0.3, -0.25) is 29.8 Å². The van der Waals surface area contributed by atoms with E-state index in [1.807, 2.05) is 32.0 Å². The van der Waals surface area contributed by atoms with Gasteiger partial charge < -0.3 is 9.47 Å². The van der Waals surface area contributed by atoms with Gasteiger partial charge in [-0.2, -0.15) is 5.01 Å². The van der Waals surface area contributed by atoms with Crippen LogP contribution in [0, 0.1) is 13.8 Å². The Hall–Kier alpha value is -3.57. The highest BCUT2D eigenvalue weighted by Crippen LogP contribution is 2.21. The molecule has 0 aliphatic heterocycles. The number of aryl methyl sites for hydroxylation is 2. The predicted octanol–water partition coefficient (Wildman–Crippen LogP) is 2.95. The molecule has 1 N–H and O–H groups in total. The second-order valence-corrected chi connectivity index (χ2v) is 8.76. The number of hydrazine groups is 2. The van der Waals surface area contributed by atoms with Gasteiger partial charge in [0, 0.05) is 32.1 Å². The first-order valence-corrected chi connectivity index (χ1v) is 11.7. The summed E-state index contributed by atoms with van der Waals surface area (Å²) in [4.78, 5) is 38.6. The Morgan fingerprint density at radius 2 is 1.33 bits per heavy atom. The molecule has 0 spiro atoms. The summed E-state index contributed by atoms with van der Waals surface area (Å²) in [7, 11) is 6.14. The second kappa shape index (κ2) is 12.4. The van der Waals surface area contributed by atoms with E-state index in [0.29, 0.717) is 27.6 Å². The number of carbonyl (C=O) groups excluding carboxylic acids is 3. The van der Waals surface area contributed by atoms with E-state index in [-0.39, 0.29) is 4.99 Å². The number of hydrogen-bond acceptors (Lipinski definition) is 7. The predicted molar refractivity (Wildman–Crippen MR) is 145 cm³/mol. The molecule has 0 saturated heterocycles. The van der Waals surface area contributed by atoms with E-state index in [9.17, 15) is 14.4 Å².